The minimum atomic E-state index is -4.07. The quantitative estimate of drug-likeness (QED) is 0.654. The number of nitrogens with zero attached hydrogens (tertiary/aromatic N) is 2. The van der Waals surface area contributed by atoms with Gasteiger partial charge in [0.15, 0.2) is 4.90 Å². The average Bonchev–Trinajstić information content (AvgIpc) is 2.46. The molecule has 2 rings (SSSR count). The molecule has 0 atom stereocenters. The van der Waals surface area contributed by atoms with Crippen LogP contribution in [-0.4, -0.2) is 43.8 Å². The molecule has 1 fully saturated rings. The van der Waals surface area contributed by atoms with Crippen LogP contribution in [0.2, 0.25) is 0 Å². The molecule has 0 spiro atoms. The number of piperidine rings is 1. The van der Waals surface area contributed by atoms with Crippen LogP contribution in [0.3, 0.4) is 0 Å². The normalized spacial score (nSPS) is 17.0. The Morgan fingerprint density at radius 1 is 1.36 bits per heavy atom. The van der Waals surface area contributed by atoms with Crippen LogP contribution < -0.4 is 5.32 Å². The van der Waals surface area contributed by atoms with E-state index < -0.39 is 31.3 Å². The molecule has 0 radical (unpaired) electrons. The van der Waals surface area contributed by atoms with E-state index in [1.165, 1.54) is 4.31 Å². The second-order valence-corrected chi connectivity index (χ2v) is 6.72. The fourth-order valence-electron chi connectivity index (χ4n) is 2.40. The molecule has 7 nitrogen and oxygen atoms in total. The van der Waals surface area contributed by atoms with Crippen molar-refractivity contribution < 1.29 is 17.7 Å². The zero-order valence-corrected chi connectivity index (χ0v) is 13.5. The average molecular weight is 354 g/mol. The molecule has 1 aliphatic rings. The molecule has 10 heteroatoms. The number of hydrogen-bond donors (Lipinski definition) is 1. The molecule has 0 unspecified atom stereocenters. The van der Waals surface area contributed by atoms with Gasteiger partial charge in [-0.3, -0.25) is 10.1 Å². The van der Waals surface area contributed by atoms with E-state index >= 15 is 0 Å². The van der Waals surface area contributed by atoms with Crippen molar-refractivity contribution in [2.75, 3.05) is 20.1 Å². The number of sulfonamides is 1. The number of halogens is 2. The van der Waals surface area contributed by atoms with Gasteiger partial charge in [0.25, 0.3) is 0 Å². The monoisotopic (exact) mass is 353 g/mol. The zero-order valence-electron chi connectivity index (χ0n) is 11.9. The van der Waals surface area contributed by atoms with Crippen LogP contribution in [0.25, 0.3) is 0 Å². The van der Waals surface area contributed by atoms with Gasteiger partial charge in [-0.2, -0.15) is 8.70 Å². The smallest absolute Gasteiger partial charge is 0.317 e. The number of rotatable bonds is 4. The Morgan fingerprint density at radius 2 is 1.95 bits per heavy atom. The maximum atomic E-state index is 13.6. The van der Waals surface area contributed by atoms with Crippen molar-refractivity contribution in [1.29, 1.82) is 0 Å². The Morgan fingerprint density at radius 3 is 2.45 bits per heavy atom. The minimum absolute atomic E-state index is 0. The zero-order chi connectivity index (χ0) is 15.6. The minimum Gasteiger partial charge on any atom is -0.317 e. The molecular formula is C12H17ClFN3O4S. The van der Waals surface area contributed by atoms with Gasteiger partial charge in [-0.05, 0) is 32.0 Å². The third-order valence-corrected chi connectivity index (χ3v) is 5.54. The molecule has 0 aliphatic carbocycles. The van der Waals surface area contributed by atoms with E-state index in [0.717, 1.165) is 18.2 Å². The number of nitro benzene ring substituents is 1. The number of nitro groups is 1. The largest absolute Gasteiger partial charge is 0.324 e. The summed E-state index contributed by atoms with van der Waals surface area (Å²) < 4.78 is 39.7. The van der Waals surface area contributed by atoms with Crippen molar-refractivity contribution in [3.8, 4) is 0 Å². The number of para-hydroxylation sites is 1. The molecule has 1 aromatic carbocycles. The lowest BCUT2D eigenvalue weighted by atomic mass is 10.1. The van der Waals surface area contributed by atoms with Crippen LogP contribution >= 0.6 is 12.4 Å². The molecule has 1 saturated heterocycles. The van der Waals surface area contributed by atoms with Gasteiger partial charge in [0.2, 0.25) is 15.8 Å². The van der Waals surface area contributed by atoms with Gasteiger partial charge >= 0.3 is 5.69 Å². The van der Waals surface area contributed by atoms with Crippen molar-refractivity contribution in [2.24, 2.45) is 0 Å². The highest BCUT2D eigenvalue weighted by molar-refractivity contribution is 7.89. The second kappa shape index (κ2) is 7.32. The van der Waals surface area contributed by atoms with Crippen molar-refractivity contribution in [1.82, 2.24) is 9.62 Å². The first-order valence-electron chi connectivity index (χ1n) is 6.48. The molecule has 0 amide bonds. The van der Waals surface area contributed by atoms with E-state index in [4.69, 9.17) is 0 Å². The third kappa shape index (κ3) is 3.54. The molecule has 124 valence electrons. The maximum Gasteiger partial charge on any atom is 0.324 e. The summed E-state index contributed by atoms with van der Waals surface area (Å²) in [5, 5.41) is 14.0. The van der Waals surface area contributed by atoms with Crippen LogP contribution in [0.1, 0.15) is 12.8 Å². The number of benzene rings is 1. The van der Waals surface area contributed by atoms with E-state index in [1.54, 1.807) is 7.05 Å². The number of nitrogens with one attached hydrogen (secondary N) is 1. The predicted molar refractivity (Wildman–Crippen MR) is 81.1 cm³/mol. The Hall–Kier alpha value is -1.29. The molecule has 0 saturated carbocycles. The summed E-state index contributed by atoms with van der Waals surface area (Å²) in [5.41, 5.74) is -0.992. The van der Waals surface area contributed by atoms with Crippen molar-refractivity contribution in [2.45, 2.75) is 23.8 Å². The van der Waals surface area contributed by atoms with Crippen molar-refractivity contribution in [3.05, 3.63) is 34.1 Å². The van der Waals surface area contributed by atoms with Crippen LogP contribution in [0.15, 0.2) is 23.1 Å². The van der Waals surface area contributed by atoms with Gasteiger partial charge in [0.1, 0.15) is 0 Å². The van der Waals surface area contributed by atoms with Crippen molar-refractivity contribution in [3.63, 3.8) is 0 Å². The molecule has 1 aliphatic heterocycles. The van der Waals surface area contributed by atoms with E-state index in [-0.39, 0.29) is 31.5 Å². The fourth-order valence-corrected chi connectivity index (χ4v) is 4.04. The highest BCUT2D eigenvalue weighted by Crippen LogP contribution is 2.30. The molecule has 0 bridgehead atoms. The summed E-state index contributed by atoms with van der Waals surface area (Å²) in [7, 11) is -2.27. The Balaban J connectivity index is 0.00000242. The Bertz CT molecular complexity index is 648. The second-order valence-electron chi connectivity index (χ2n) is 4.81. The molecule has 22 heavy (non-hydrogen) atoms. The number of hydrogen-bond acceptors (Lipinski definition) is 5. The molecule has 1 N–H and O–H groups in total. The van der Waals surface area contributed by atoms with E-state index in [2.05, 4.69) is 5.32 Å². The van der Waals surface area contributed by atoms with E-state index in [9.17, 15) is 22.9 Å². The van der Waals surface area contributed by atoms with Gasteiger partial charge in [-0.15, -0.1) is 12.4 Å². The molecular weight excluding hydrogens is 337 g/mol. The van der Waals surface area contributed by atoms with Gasteiger partial charge < -0.3 is 5.32 Å². The standard InChI is InChI=1S/C12H16FN3O4S.ClH/c1-14-9-5-7-15(8-6-9)21(19,20)11-4-2-3-10(13)12(11)16(17)18;/h2-4,9,14H,5-8H2,1H3;1H. The van der Waals surface area contributed by atoms with E-state index in [1.807, 2.05) is 0 Å². The predicted octanol–water partition coefficient (Wildman–Crippen LogP) is 1.53. The SMILES string of the molecule is CNC1CCN(S(=O)(=O)c2cccc(F)c2[N+](=O)[O-])CC1.Cl. The van der Waals surface area contributed by atoms with Gasteiger partial charge in [-0.1, -0.05) is 6.07 Å². The van der Waals surface area contributed by atoms with Crippen molar-refractivity contribution >= 4 is 28.1 Å². The summed E-state index contributed by atoms with van der Waals surface area (Å²) in [6.45, 7) is 0.503. The van der Waals surface area contributed by atoms with Crippen LogP contribution in [-0.2, 0) is 10.0 Å². The lowest BCUT2D eigenvalue weighted by Gasteiger charge is -2.30. The van der Waals surface area contributed by atoms with Crippen LogP contribution in [0.4, 0.5) is 10.1 Å². The Labute approximate surface area is 134 Å². The lowest BCUT2D eigenvalue weighted by Crippen LogP contribution is -2.44. The van der Waals surface area contributed by atoms with Crippen LogP contribution in [0.5, 0.6) is 0 Å². The maximum absolute atomic E-state index is 13.6. The topological polar surface area (TPSA) is 92.6 Å². The first-order chi connectivity index (χ1) is 9.87. The van der Waals surface area contributed by atoms with Gasteiger partial charge in [0.05, 0.1) is 4.92 Å². The summed E-state index contributed by atoms with van der Waals surface area (Å²) in [6, 6.07) is 3.33. The molecule has 0 aromatic heterocycles. The summed E-state index contributed by atoms with van der Waals surface area (Å²) in [6.07, 6.45) is 1.22. The highest BCUT2D eigenvalue weighted by atomic mass is 35.5. The Kier molecular flexibility index (Phi) is 6.24. The lowest BCUT2D eigenvalue weighted by molar-refractivity contribution is -0.390. The van der Waals surface area contributed by atoms with Crippen LogP contribution in [0, 0.1) is 15.9 Å². The molecule has 1 heterocycles. The summed E-state index contributed by atoms with van der Waals surface area (Å²) >= 11 is 0. The third-order valence-electron chi connectivity index (χ3n) is 3.61. The first kappa shape index (κ1) is 18.8. The fraction of sp³-hybridized carbons (Fsp3) is 0.500. The van der Waals surface area contributed by atoms with Gasteiger partial charge in [-0.25, -0.2) is 8.42 Å². The highest BCUT2D eigenvalue weighted by Gasteiger charge is 2.35. The molecule has 1 aromatic rings. The van der Waals surface area contributed by atoms with E-state index in [0.29, 0.717) is 12.8 Å². The van der Waals surface area contributed by atoms with Gasteiger partial charge in [0, 0.05) is 19.1 Å². The summed E-state index contributed by atoms with van der Waals surface area (Å²) in [4.78, 5) is 9.36. The summed E-state index contributed by atoms with van der Waals surface area (Å²) in [5.74, 6) is -1.15. The first-order valence-corrected chi connectivity index (χ1v) is 7.92.